The smallest absolute Gasteiger partial charge is 0.157 e. The molecule has 0 aliphatic rings. The van der Waals surface area contributed by atoms with Crippen LogP contribution in [-0.2, 0) is 24.4 Å². The molecule has 0 fully saturated rings. The van der Waals surface area contributed by atoms with Crippen molar-refractivity contribution in [1.29, 1.82) is 0 Å². The standard InChI is InChI=1S/C27H29NO3/c1-20-15-27(31-19-23-11-7-4-8-12-23)24(13-14-25(29)16-21(2)28)17-26(20)30-18-22-9-5-3-6-10-22/h3-12,15-17H,13-14,18-19,28H2,1-2H3/b21-16-. The van der Waals surface area contributed by atoms with Crippen molar-refractivity contribution in [3.8, 4) is 11.5 Å². The Labute approximate surface area is 184 Å². The number of carbonyl (C=O) groups excluding carboxylic acids is 1. The quantitative estimate of drug-likeness (QED) is 0.443. The van der Waals surface area contributed by atoms with Crippen LogP contribution < -0.4 is 15.2 Å². The number of rotatable bonds is 10. The van der Waals surface area contributed by atoms with Crippen LogP contribution in [0.5, 0.6) is 11.5 Å². The number of ether oxygens (including phenoxy) is 2. The second-order valence-electron chi connectivity index (χ2n) is 7.63. The molecular formula is C27H29NO3. The number of aryl methyl sites for hydroxylation is 2. The van der Waals surface area contributed by atoms with Crippen molar-refractivity contribution in [3.05, 3.63) is 107 Å². The van der Waals surface area contributed by atoms with Gasteiger partial charge in [0.2, 0.25) is 0 Å². The lowest BCUT2D eigenvalue weighted by Crippen LogP contribution is -2.05. The van der Waals surface area contributed by atoms with E-state index in [0.717, 1.165) is 33.8 Å². The lowest BCUT2D eigenvalue weighted by Gasteiger charge is -2.16. The molecule has 0 heterocycles. The molecule has 31 heavy (non-hydrogen) atoms. The third-order valence-corrected chi connectivity index (χ3v) is 4.86. The SMILES string of the molecule is C/C(N)=C/C(=O)CCc1cc(OCc2ccccc2)c(C)cc1OCc1ccccc1. The molecule has 3 aromatic rings. The fourth-order valence-electron chi connectivity index (χ4n) is 3.24. The van der Waals surface area contributed by atoms with E-state index in [1.165, 1.54) is 6.08 Å². The van der Waals surface area contributed by atoms with Gasteiger partial charge in [-0.25, -0.2) is 0 Å². The first-order chi connectivity index (χ1) is 15.0. The second-order valence-corrected chi connectivity index (χ2v) is 7.63. The van der Waals surface area contributed by atoms with Gasteiger partial charge in [0.15, 0.2) is 5.78 Å². The highest BCUT2D eigenvalue weighted by Gasteiger charge is 2.12. The number of allylic oxidation sites excluding steroid dienone is 2. The molecule has 4 heteroatoms. The third kappa shape index (κ3) is 7.03. The van der Waals surface area contributed by atoms with Crippen molar-refractivity contribution in [2.45, 2.75) is 39.9 Å². The Morgan fingerprint density at radius 1 is 0.871 bits per heavy atom. The Kier molecular flexibility index (Phi) is 7.88. The Morgan fingerprint density at radius 3 is 1.97 bits per heavy atom. The molecule has 0 amide bonds. The van der Waals surface area contributed by atoms with E-state index in [1.807, 2.05) is 79.7 Å². The monoisotopic (exact) mass is 415 g/mol. The van der Waals surface area contributed by atoms with Crippen molar-refractivity contribution < 1.29 is 14.3 Å². The van der Waals surface area contributed by atoms with Gasteiger partial charge >= 0.3 is 0 Å². The van der Waals surface area contributed by atoms with Crippen molar-refractivity contribution in [2.75, 3.05) is 0 Å². The molecule has 0 radical (unpaired) electrons. The van der Waals surface area contributed by atoms with Gasteiger partial charge < -0.3 is 15.2 Å². The lowest BCUT2D eigenvalue weighted by molar-refractivity contribution is -0.114. The maximum atomic E-state index is 12.2. The molecule has 0 saturated carbocycles. The van der Waals surface area contributed by atoms with E-state index in [0.29, 0.717) is 31.8 Å². The number of ketones is 1. The van der Waals surface area contributed by atoms with Gasteiger partial charge in [0.1, 0.15) is 24.7 Å². The number of nitrogens with two attached hydrogens (primary N) is 1. The molecule has 0 unspecified atom stereocenters. The van der Waals surface area contributed by atoms with Gasteiger partial charge in [0, 0.05) is 12.1 Å². The predicted molar refractivity (Wildman–Crippen MR) is 124 cm³/mol. The molecule has 0 bridgehead atoms. The maximum absolute atomic E-state index is 12.2. The average molecular weight is 416 g/mol. The second kappa shape index (κ2) is 11.0. The zero-order valence-corrected chi connectivity index (χ0v) is 18.1. The lowest BCUT2D eigenvalue weighted by atomic mass is 10.0. The fraction of sp³-hybridized carbons (Fsp3) is 0.222. The van der Waals surface area contributed by atoms with E-state index in [4.69, 9.17) is 15.2 Å². The van der Waals surface area contributed by atoms with Gasteiger partial charge in [-0.3, -0.25) is 4.79 Å². The summed E-state index contributed by atoms with van der Waals surface area (Å²) in [5.41, 5.74) is 10.3. The van der Waals surface area contributed by atoms with Crippen molar-refractivity contribution in [2.24, 2.45) is 5.73 Å². The summed E-state index contributed by atoms with van der Waals surface area (Å²) in [5, 5.41) is 0. The minimum atomic E-state index is 0.00124. The average Bonchev–Trinajstić information content (AvgIpc) is 2.77. The first-order valence-electron chi connectivity index (χ1n) is 10.4. The van der Waals surface area contributed by atoms with Crippen molar-refractivity contribution in [1.82, 2.24) is 0 Å². The summed E-state index contributed by atoms with van der Waals surface area (Å²) in [4.78, 5) is 12.2. The molecule has 0 aromatic heterocycles. The minimum Gasteiger partial charge on any atom is -0.489 e. The highest BCUT2D eigenvalue weighted by molar-refractivity contribution is 5.90. The molecule has 0 aliphatic heterocycles. The van der Waals surface area contributed by atoms with Crippen LogP contribution in [0.15, 0.2) is 84.6 Å². The first-order valence-corrected chi connectivity index (χ1v) is 10.4. The van der Waals surface area contributed by atoms with E-state index < -0.39 is 0 Å². The predicted octanol–water partition coefficient (Wildman–Crippen LogP) is 5.52. The summed E-state index contributed by atoms with van der Waals surface area (Å²) in [6, 6.07) is 24.1. The highest BCUT2D eigenvalue weighted by atomic mass is 16.5. The van der Waals surface area contributed by atoms with Crippen LogP contribution in [0.4, 0.5) is 0 Å². The zero-order valence-electron chi connectivity index (χ0n) is 18.1. The van der Waals surface area contributed by atoms with Crippen molar-refractivity contribution in [3.63, 3.8) is 0 Å². The summed E-state index contributed by atoms with van der Waals surface area (Å²) in [6.45, 7) is 4.67. The molecule has 0 atom stereocenters. The Hall–Kier alpha value is -3.53. The van der Waals surface area contributed by atoms with E-state index in [1.54, 1.807) is 6.92 Å². The van der Waals surface area contributed by atoms with Gasteiger partial charge in [0.25, 0.3) is 0 Å². The van der Waals surface area contributed by atoms with Gasteiger partial charge in [0.05, 0.1) is 0 Å². The Bertz CT molecular complexity index is 1020. The van der Waals surface area contributed by atoms with Crippen LogP contribution in [-0.4, -0.2) is 5.78 Å². The topological polar surface area (TPSA) is 61.6 Å². The molecule has 160 valence electrons. The largest absolute Gasteiger partial charge is 0.489 e. The molecular weight excluding hydrogens is 386 g/mol. The molecule has 0 saturated heterocycles. The minimum absolute atomic E-state index is 0.00124. The number of hydrogen-bond donors (Lipinski definition) is 1. The summed E-state index contributed by atoms with van der Waals surface area (Å²) < 4.78 is 12.2. The van der Waals surface area contributed by atoms with Crippen molar-refractivity contribution >= 4 is 5.78 Å². The third-order valence-electron chi connectivity index (χ3n) is 4.86. The highest BCUT2D eigenvalue weighted by Crippen LogP contribution is 2.31. The molecule has 2 N–H and O–H groups in total. The number of hydrogen-bond acceptors (Lipinski definition) is 4. The summed E-state index contributed by atoms with van der Waals surface area (Å²) in [7, 11) is 0. The molecule has 3 aromatic carbocycles. The van der Waals surface area contributed by atoms with Gasteiger partial charge in [-0.15, -0.1) is 0 Å². The number of carbonyl (C=O) groups is 1. The van der Waals surface area contributed by atoms with Gasteiger partial charge in [-0.2, -0.15) is 0 Å². The van der Waals surface area contributed by atoms with E-state index in [9.17, 15) is 4.79 Å². The Morgan fingerprint density at radius 2 is 1.42 bits per heavy atom. The maximum Gasteiger partial charge on any atom is 0.157 e. The molecule has 0 aliphatic carbocycles. The fourth-order valence-corrected chi connectivity index (χ4v) is 3.24. The molecule has 0 spiro atoms. The molecule has 4 nitrogen and oxygen atoms in total. The Balaban J connectivity index is 1.78. The van der Waals surface area contributed by atoms with Crippen LogP contribution >= 0.6 is 0 Å². The van der Waals surface area contributed by atoms with E-state index in [2.05, 4.69) is 0 Å². The summed E-state index contributed by atoms with van der Waals surface area (Å²) in [6.07, 6.45) is 2.39. The van der Waals surface area contributed by atoms with Gasteiger partial charge in [-0.1, -0.05) is 60.7 Å². The summed E-state index contributed by atoms with van der Waals surface area (Å²) >= 11 is 0. The molecule has 3 rings (SSSR count). The van der Waals surface area contributed by atoms with Crippen LogP contribution in [0.1, 0.15) is 35.6 Å². The normalized spacial score (nSPS) is 11.2. The van der Waals surface area contributed by atoms with Crippen LogP contribution in [0, 0.1) is 6.92 Å². The van der Waals surface area contributed by atoms with E-state index in [-0.39, 0.29) is 5.78 Å². The van der Waals surface area contributed by atoms with Gasteiger partial charge in [-0.05, 0) is 60.7 Å². The first kappa shape index (κ1) is 22.2. The number of benzene rings is 3. The van der Waals surface area contributed by atoms with E-state index >= 15 is 0 Å². The zero-order chi connectivity index (χ0) is 22.1. The van der Waals surface area contributed by atoms with Crippen LogP contribution in [0.3, 0.4) is 0 Å². The van der Waals surface area contributed by atoms with Crippen LogP contribution in [0.2, 0.25) is 0 Å². The summed E-state index contributed by atoms with van der Waals surface area (Å²) in [5.74, 6) is 1.57. The van der Waals surface area contributed by atoms with Crippen LogP contribution in [0.25, 0.3) is 0 Å².